The summed E-state index contributed by atoms with van der Waals surface area (Å²) in [7, 11) is 2.06. The number of carboxylic acid groups (broad SMARTS) is 1. The van der Waals surface area contributed by atoms with Crippen molar-refractivity contribution in [3.05, 3.63) is 34.3 Å². The van der Waals surface area contributed by atoms with Crippen LogP contribution in [0.1, 0.15) is 24.8 Å². The summed E-state index contributed by atoms with van der Waals surface area (Å²) in [4.78, 5) is 12.6. The Morgan fingerprint density at radius 1 is 1.41 bits per heavy atom. The molecule has 0 aliphatic rings. The molecular formula is C13H18BrNO2. The zero-order valence-electron chi connectivity index (χ0n) is 10.0. The quantitative estimate of drug-likeness (QED) is 0.786. The molecule has 0 saturated heterocycles. The summed E-state index contributed by atoms with van der Waals surface area (Å²) in [5.41, 5.74) is 1.26. The standard InChI is InChI=1S/C13H18BrNO2/c1-15(8-3-2-7-13(16)17)10-11-5-4-6-12(14)9-11/h4-6,9H,2-3,7-8,10H2,1H3,(H,16,17). The number of unbranched alkanes of at least 4 members (excludes halogenated alkanes) is 1. The zero-order chi connectivity index (χ0) is 12.7. The number of hydrogen-bond acceptors (Lipinski definition) is 2. The number of halogens is 1. The van der Waals surface area contributed by atoms with Gasteiger partial charge >= 0.3 is 5.97 Å². The average Bonchev–Trinajstić information content (AvgIpc) is 2.24. The Hall–Kier alpha value is -0.870. The van der Waals surface area contributed by atoms with Gasteiger partial charge in [0.15, 0.2) is 0 Å². The van der Waals surface area contributed by atoms with Gasteiger partial charge in [-0.05, 0) is 44.1 Å². The van der Waals surface area contributed by atoms with Crippen molar-refractivity contribution in [2.24, 2.45) is 0 Å². The van der Waals surface area contributed by atoms with Crippen LogP contribution in [0.4, 0.5) is 0 Å². The third kappa shape index (κ3) is 6.44. The van der Waals surface area contributed by atoms with Gasteiger partial charge in [0.1, 0.15) is 0 Å². The van der Waals surface area contributed by atoms with Crippen molar-refractivity contribution in [3.8, 4) is 0 Å². The highest BCUT2D eigenvalue weighted by molar-refractivity contribution is 9.10. The van der Waals surface area contributed by atoms with E-state index in [0.717, 1.165) is 30.4 Å². The SMILES string of the molecule is CN(CCCCC(=O)O)Cc1cccc(Br)c1. The van der Waals surface area contributed by atoms with Crippen molar-refractivity contribution in [3.63, 3.8) is 0 Å². The van der Waals surface area contributed by atoms with E-state index in [2.05, 4.69) is 40.0 Å². The minimum Gasteiger partial charge on any atom is -0.481 e. The largest absolute Gasteiger partial charge is 0.481 e. The first-order chi connectivity index (χ1) is 8.08. The second kappa shape index (κ2) is 7.45. The van der Waals surface area contributed by atoms with E-state index in [0.29, 0.717) is 0 Å². The van der Waals surface area contributed by atoms with Gasteiger partial charge in [0.05, 0.1) is 0 Å². The molecule has 1 aromatic carbocycles. The highest BCUT2D eigenvalue weighted by Gasteiger charge is 2.02. The first-order valence-electron chi connectivity index (χ1n) is 5.72. The summed E-state index contributed by atoms with van der Waals surface area (Å²) in [6.45, 7) is 1.83. The van der Waals surface area contributed by atoms with E-state index in [1.165, 1.54) is 5.56 Å². The third-order valence-corrected chi connectivity index (χ3v) is 3.02. The Kier molecular flexibility index (Phi) is 6.22. The molecule has 0 aliphatic carbocycles. The van der Waals surface area contributed by atoms with Crippen molar-refractivity contribution in [2.75, 3.05) is 13.6 Å². The fourth-order valence-electron chi connectivity index (χ4n) is 1.68. The lowest BCUT2D eigenvalue weighted by molar-refractivity contribution is -0.137. The van der Waals surface area contributed by atoms with Crippen LogP contribution >= 0.6 is 15.9 Å². The van der Waals surface area contributed by atoms with E-state index in [-0.39, 0.29) is 6.42 Å². The highest BCUT2D eigenvalue weighted by Crippen LogP contribution is 2.13. The van der Waals surface area contributed by atoms with Crippen molar-refractivity contribution in [1.82, 2.24) is 4.90 Å². The number of carbonyl (C=O) groups is 1. The summed E-state index contributed by atoms with van der Waals surface area (Å²) in [5.74, 6) is -0.709. The molecule has 0 saturated carbocycles. The van der Waals surface area contributed by atoms with E-state index < -0.39 is 5.97 Å². The lowest BCUT2D eigenvalue weighted by Crippen LogP contribution is -2.19. The molecule has 1 rings (SSSR count). The zero-order valence-corrected chi connectivity index (χ0v) is 11.6. The molecule has 0 fully saturated rings. The number of rotatable bonds is 7. The van der Waals surface area contributed by atoms with Gasteiger partial charge in [0, 0.05) is 17.4 Å². The predicted octanol–water partition coefficient (Wildman–Crippen LogP) is 3.14. The second-order valence-electron chi connectivity index (χ2n) is 4.22. The van der Waals surface area contributed by atoms with Crippen molar-refractivity contribution in [2.45, 2.75) is 25.8 Å². The smallest absolute Gasteiger partial charge is 0.303 e. The summed E-state index contributed by atoms with van der Waals surface area (Å²) < 4.78 is 1.09. The number of nitrogens with zero attached hydrogens (tertiary/aromatic N) is 1. The van der Waals surface area contributed by atoms with Gasteiger partial charge in [-0.3, -0.25) is 4.79 Å². The number of carboxylic acids is 1. The molecule has 94 valence electrons. The molecule has 0 aromatic heterocycles. The van der Waals surface area contributed by atoms with Gasteiger partial charge in [-0.2, -0.15) is 0 Å². The van der Waals surface area contributed by atoms with Crippen molar-refractivity contribution >= 4 is 21.9 Å². The van der Waals surface area contributed by atoms with Gasteiger partial charge in [-0.25, -0.2) is 0 Å². The molecular weight excluding hydrogens is 282 g/mol. The van der Waals surface area contributed by atoms with Gasteiger partial charge in [-0.15, -0.1) is 0 Å². The van der Waals surface area contributed by atoms with Crippen LogP contribution in [0.5, 0.6) is 0 Å². The van der Waals surface area contributed by atoms with Crippen molar-refractivity contribution in [1.29, 1.82) is 0 Å². The lowest BCUT2D eigenvalue weighted by Gasteiger charge is -2.16. The Labute approximate surface area is 111 Å². The van der Waals surface area contributed by atoms with Crippen LogP contribution in [0.15, 0.2) is 28.7 Å². The van der Waals surface area contributed by atoms with Crippen LogP contribution in [0.2, 0.25) is 0 Å². The van der Waals surface area contributed by atoms with Crippen LogP contribution in [0.3, 0.4) is 0 Å². The maximum Gasteiger partial charge on any atom is 0.303 e. The Balaban J connectivity index is 2.25. The predicted molar refractivity (Wildman–Crippen MR) is 72.0 cm³/mol. The Bertz CT molecular complexity index is 368. The Morgan fingerprint density at radius 2 is 2.18 bits per heavy atom. The Morgan fingerprint density at radius 3 is 2.82 bits per heavy atom. The molecule has 0 spiro atoms. The molecule has 4 heteroatoms. The maximum absolute atomic E-state index is 10.4. The molecule has 17 heavy (non-hydrogen) atoms. The van der Waals surface area contributed by atoms with E-state index in [4.69, 9.17) is 5.11 Å². The van der Waals surface area contributed by atoms with E-state index in [1.807, 2.05) is 12.1 Å². The first kappa shape index (κ1) is 14.2. The van der Waals surface area contributed by atoms with Crippen LogP contribution in [0, 0.1) is 0 Å². The molecule has 3 nitrogen and oxygen atoms in total. The lowest BCUT2D eigenvalue weighted by atomic mass is 10.2. The molecule has 1 N–H and O–H groups in total. The molecule has 0 amide bonds. The summed E-state index contributed by atoms with van der Waals surface area (Å²) >= 11 is 3.45. The molecule has 0 heterocycles. The van der Waals surface area contributed by atoms with Gasteiger partial charge in [0.25, 0.3) is 0 Å². The molecule has 0 bridgehead atoms. The number of aliphatic carboxylic acids is 1. The van der Waals surface area contributed by atoms with Crippen molar-refractivity contribution < 1.29 is 9.90 Å². The molecule has 0 radical (unpaired) electrons. The number of hydrogen-bond donors (Lipinski definition) is 1. The van der Waals surface area contributed by atoms with Crippen LogP contribution in [0.25, 0.3) is 0 Å². The van der Waals surface area contributed by atoms with Crippen LogP contribution in [-0.2, 0) is 11.3 Å². The van der Waals surface area contributed by atoms with E-state index in [9.17, 15) is 4.79 Å². The molecule has 0 unspecified atom stereocenters. The highest BCUT2D eigenvalue weighted by atomic mass is 79.9. The topological polar surface area (TPSA) is 40.5 Å². The fourth-order valence-corrected chi connectivity index (χ4v) is 2.13. The number of benzene rings is 1. The minimum atomic E-state index is -0.709. The maximum atomic E-state index is 10.4. The van der Waals surface area contributed by atoms with Crippen LogP contribution < -0.4 is 0 Å². The summed E-state index contributed by atoms with van der Waals surface area (Å²) in [6.07, 6.45) is 1.94. The summed E-state index contributed by atoms with van der Waals surface area (Å²) in [5, 5.41) is 8.53. The fraction of sp³-hybridized carbons (Fsp3) is 0.462. The third-order valence-electron chi connectivity index (χ3n) is 2.52. The monoisotopic (exact) mass is 299 g/mol. The first-order valence-corrected chi connectivity index (χ1v) is 6.52. The molecule has 0 aliphatic heterocycles. The molecule has 1 aromatic rings. The average molecular weight is 300 g/mol. The van der Waals surface area contributed by atoms with Gasteiger partial charge < -0.3 is 10.0 Å². The van der Waals surface area contributed by atoms with Gasteiger partial charge in [-0.1, -0.05) is 28.1 Å². The second-order valence-corrected chi connectivity index (χ2v) is 5.13. The van der Waals surface area contributed by atoms with E-state index >= 15 is 0 Å². The van der Waals surface area contributed by atoms with Gasteiger partial charge in [0.2, 0.25) is 0 Å². The minimum absolute atomic E-state index is 0.269. The van der Waals surface area contributed by atoms with Crippen LogP contribution in [-0.4, -0.2) is 29.6 Å². The van der Waals surface area contributed by atoms with E-state index in [1.54, 1.807) is 0 Å². The normalized spacial score (nSPS) is 10.8. The molecule has 0 atom stereocenters. The summed E-state index contributed by atoms with van der Waals surface area (Å²) in [6, 6.07) is 8.24.